The Morgan fingerprint density at radius 1 is 1.21 bits per heavy atom. The van der Waals surface area contributed by atoms with E-state index < -0.39 is 0 Å². The molecule has 2 aliphatic carbocycles. The fourth-order valence-corrected chi connectivity index (χ4v) is 2.77. The molecule has 0 spiro atoms. The predicted molar refractivity (Wildman–Crippen MR) is 87.5 cm³/mol. The zero-order valence-electron chi connectivity index (χ0n) is 13.0. The van der Waals surface area contributed by atoms with Gasteiger partial charge in [0.2, 0.25) is 0 Å². The minimum atomic E-state index is 0.635. The fraction of sp³-hybridized carbons (Fsp3) is 0.667. The van der Waals surface area contributed by atoms with Crippen LogP contribution in [0, 0.1) is 11.8 Å². The summed E-state index contributed by atoms with van der Waals surface area (Å²) in [6.07, 6.45) is 14.5. The lowest BCUT2D eigenvalue weighted by atomic mass is 9.84. The van der Waals surface area contributed by atoms with Crippen molar-refractivity contribution >= 4 is 11.6 Å². The van der Waals surface area contributed by atoms with Crippen LogP contribution in [0.15, 0.2) is 34.4 Å². The van der Waals surface area contributed by atoms with Gasteiger partial charge in [-0.3, -0.25) is 0 Å². The summed E-state index contributed by atoms with van der Waals surface area (Å²) in [7, 11) is 0. The van der Waals surface area contributed by atoms with Gasteiger partial charge in [0.25, 0.3) is 0 Å². The molecule has 2 unspecified atom stereocenters. The summed E-state index contributed by atoms with van der Waals surface area (Å²) in [5.41, 5.74) is 2.89. The Morgan fingerprint density at radius 3 is 2.42 bits per heavy atom. The van der Waals surface area contributed by atoms with Crippen LogP contribution in [0.25, 0.3) is 0 Å². The van der Waals surface area contributed by atoms with Crippen LogP contribution in [-0.2, 0) is 0 Å². The van der Waals surface area contributed by atoms with Crippen molar-refractivity contribution in [3.05, 3.63) is 34.4 Å². The second kappa shape index (κ2) is 8.64. The highest BCUT2D eigenvalue weighted by Gasteiger charge is 2.16. The van der Waals surface area contributed by atoms with E-state index in [1.165, 1.54) is 37.7 Å². The molecule has 1 heteroatoms. The summed E-state index contributed by atoms with van der Waals surface area (Å²) in [5, 5.41) is 0.959. The fourth-order valence-electron chi connectivity index (χ4n) is 2.52. The van der Waals surface area contributed by atoms with E-state index >= 15 is 0 Å². The Bertz CT molecular complexity index is 360. The van der Waals surface area contributed by atoms with Crippen LogP contribution in [0.1, 0.15) is 66.2 Å². The van der Waals surface area contributed by atoms with Gasteiger partial charge in [0.1, 0.15) is 0 Å². The highest BCUT2D eigenvalue weighted by Crippen LogP contribution is 2.33. The van der Waals surface area contributed by atoms with Crippen LogP contribution in [0.5, 0.6) is 0 Å². The van der Waals surface area contributed by atoms with Crippen LogP contribution < -0.4 is 0 Å². The molecule has 0 saturated carbocycles. The molecule has 0 heterocycles. The number of allylic oxidation sites excluding steroid dienone is 6. The molecule has 2 aliphatic rings. The zero-order valence-corrected chi connectivity index (χ0v) is 13.8. The molecule has 0 fully saturated rings. The van der Waals surface area contributed by atoms with Gasteiger partial charge in [0, 0.05) is 5.03 Å². The third-order valence-corrected chi connectivity index (χ3v) is 4.20. The van der Waals surface area contributed by atoms with E-state index in [0.29, 0.717) is 5.92 Å². The largest absolute Gasteiger partial charge is 0.0850 e. The van der Waals surface area contributed by atoms with Crippen LogP contribution in [-0.4, -0.2) is 0 Å². The summed E-state index contributed by atoms with van der Waals surface area (Å²) in [4.78, 5) is 0. The first-order chi connectivity index (χ1) is 9.06. The maximum atomic E-state index is 6.18. The first-order valence-electron chi connectivity index (χ1n) is 7.79. The highest BCUT2D eigenvalue weighted by atomic mass is 35.5. The summed E-state index contributed by atoms with van der Waals surface area (Å²) >= 11 is 6.18. The maximum absolute atomic E-state index is 6.18. The normalized spacial score (nSPS) is 26.7. The summed E-state index contributed by atoms with van der Waals surface area (Å²) in [6, 6.07) is 0. The van der Waals surface area contributed by atoms with Crippen molar-refractivity contribution in [2.45, 2.75) is 66.2 Å². The minimum absolute atomic E-state index is 0.635. The second-order valence-electron chi connectivity index (χ2n) is 6.05. The first kappa shape index (κ1) is 16.6. The van der Waals surface area contributed by atoms with E-state index in [1.807, 2.05) is 0 Å². The zero-order chi connectivity index (χ0) is 14.3. The Morgan fingerprint density at radius 2 is 1.89 bits per heavy atom. The highest BCUT2D eigenvalue weighted by molar-refractivity contribution is 6.32. The van der Waals surface area contributed by atoms with E-state index in [2.05, 4.69) is 45.9 Å². The first-order valence-corrected chi connectivity index (χ1v) is 8.16. The van der Waals surface area contributed by atoms with E-state index in [9.17, 15) is 0 Å². The van der Waals surface area contributed by atoms with Crippen LogP contribution in [0.4, 0.5) is 0 Å². The molecule has 0 saturated heterocycles. The van der Waals surface area contributed by atoms with Crippen molar-refractivity contribution in [3.8, 4) is 0 Å². The molecule has 0 aromatic carbocycles. The lowest BCUT2D eigenvalue weighted by molar-refractivity contribution is 0.492. The van der Waals surface area contributed by atoms with Crippen molar-refractivity contribution in [1.82, 2.24) is 0 Å². The van der Waals surface area contributed by atoms with Crippen molar-refractivity contribution in [2.24, 2.45) is 11.8 Å². The minimum Gasteiger partial charge on any atom is -0.0850 e. The number of hydrogen-bond acceptors (Lipinski definition) is 0. The van der Waals surface area contributed by atoms with Crippen molar-refractivity contribution in [1.29, 1.82) is 0 Å². The van der Waals surface area contributed by atoms with E-state index in [-0.39, 0.29) is 0 Å². The van der Waals surface area contributed by atoms with Gasteiger partial charge in [-0.1, -0.05) is 62.6 Å². The molecule has 19 heavy (non-hydrogen) atoms. The quantitative estimate of drug-likeness (QED) is 0.498. The van der Waals surface area contributed by atoms with Gasteiger partial charge in [0.15, 0.2) is 0 Å². The molecule has 0 aromatic rings. The molecule has 0 nitrogen and oxygen atoms in total. The molecular weight excluding hydrogens is 252 g/mol. The van der Waals surface area contributed by atoms with Crippen molar-refractivity contribution < 1.29 is 0 Å². The van der Waals surface area contributed by atoms with Crippen LogP contribution in [0.3, 0.4) is 0 Å². The number of hydrogen-bond donors (Lipinski definition) is 0. The molecule has 0 aromatic heterocycles. The molecular formula is C18H29Cl. The summed E-state index contributed by atoms with van der Waals surface area (Å²) < 4.78 is 0. The predicted octanol–water partition coefficient (Wildman–Crippen LogP) is 6.63. The van der Waals surface area contributed by atoms with E-state index in [4.69, 9.17) is 11.6 Å². The third-order valence-electron chi connectivity index (χ3n) is 3.78. The summed E-state index contributed by atoms with van der Waals surface area (Å²) in [6.45, 7) is 8.69. The molecule has 0 aliphatic heterocycles. The average molecular weight is 281 g/mol. The van der Waals surface area contributed by atoms with Crippen molar-refractivity contribution in [2.75, 3.05) is 0 Å². The third kappa shape index (κ3) is 5.99. The van der Waals surface area contributed by atoms with E-state index in [1.54, 1.807) is 5.57 Å². The second-order valence-corrected chi connectivity index (χ2v) is 6.46. The standard InChI is InChI=1S/C15H21Cl.C3H8/c1-11-3-6-13(7-4-11)9-14-8-5-12(2)15(16)10-14;1-3-2/h5-6,10-11,14H,3-4,7-9H2,1-2H3;3H2,1-2H3. The Balaban J connectivity index is 0.000000550. The maximum Gasteiger partial charge on any atom is 0.0395 e. The number of halogens is 1. The van der Waals surface area contributed by atoms with Crippen LogP contribution >= 0.6 is 11.6 Å². The molecule has 0 N–H and O–H groups in total. The summed E-state index contributed by atoms with van der Waals surface area (Å²) in [5.74, 6) is 1.52. The molecule has 2 rings (SSSR count). The van der Waals surface area contributed by atoms with Crippen LogP contribution in [0.2, 0.25) is 0 Å². The lowest BCUT2D eigenvalue weighted by Crippen LogP contribution is -2.07. The molecule has 0 amide bonds. The Labute approximate surface area is 124 Å². The van der Waals surface area contributed by atoms with E-state index in [0.717, 1.165) is 17.4 Å². The topological polar surface area (TPSA) is 0 Å². The molecule has 2 atom stereocenters. The molecule has 0 bridgehead atoms. The van der Waals surface area contributed by atoms with Gasteiger partial charge in [-0.2, -0.15) is 0 Å². The monoisotopic (exact) mass is 280 g/mol. The Hall–Kier alpha value is -0.490. The van der Waals surface area contributed by atoms with Gasteiger partial charge in [-0.05, 0) is 56.4 Å². The smallest absolute Gasteiger partial charge is 0.0395 e. The average Bonchev–Trinajstić information content (AvgIpc) is 2.38. The molecule has 108 valence electrons. The van der Waals surface area contributed by atoms with Crippen molar-refractivity contribution in [3.63, 3.8) is 0 Å². The van der Waals surface area contributed by atoms with Gasteiger partial charge >= 0.3 is 0 Å². The molecule has 0 radical (unpaired) electrons. The lowest BCUT2D eigenvalue weighted by Gasteiger charge is -2.22. The number of rotatable bonds is 2. The Kier molecular flexibility index (Phi) is 7.53. The van der Waals surface area contributed by atoms with Gasteiger partial charge in [-0.15, -0.1) is 0 Å². The van der Waals surface area contributed by atoms with Gasteiger partial charge < -0.3 is 0 Å². The van der Waals surface area contributed by atoms with Gasteiger partial charge in [0.05, 0.1) is 0 Å². The SMILES string of the molecule is CC1=CCC(CC2=CCC(C)CC2)C=C1Cl.CCC. The van der Waals surface area contributed by atoms with Gasteiger partial charge in [-0.25, -0.2) is 0 Å².